The van der Waals surface area contributed by atoms with Crippen molar-refractivity contribution in [3.8, 4) is 0 Å². The van der Waals surface area contributed by atoms with Gasteiger partial charge in [-0.3, -0.25) is 18.7 Å². The molecule has 5 aliphatic rings. The number of hydrogen-bond donors (Lipinski definition) is 2. The third-order valence-electron chi connectivity index (χ3n) is 7.08. The highest BCUT2D eigenvalue weighted by Gasteiger charge is 2.57. The molecule has 4 saturated heterocycles. The molecule has 0 aliphatic carbocycles. The van der Waals surface area contributed by atoms with Crippen molar-refractivity contribution in [2.24, 2.45) is 16.9 Å². The zero-order valence-electron chi connectivity index (χ0n) is 17.8. The van der Waals surface area contributed by atoms with Crippen molar-refractivity contribution >= 4 is 28.6 Å². The highest BCUT2D eigenvalue weighted by atomic mass is 32.2. The third-order valence-corrected chi connectivity index (χ3v) is 8.76. The average molecular weight is 440 g/mol. The summed E-state index contributed by atoms with van der Waals surface area (Å²) in [5.41, 5.74) is 11.3. The molecule has 166 valence electrons. The summed E-state index contributed by atoms with van der Waals surface area (Å²) in [7, 11) is -1.37. The lowest BCUT2D eigenvalue weighted by molar-refractivity contribution is -0.940. The van der Waals surface area contributed by atoms with Crippen molar-refractivity contribution in [1.82, 2.24) is 4.90 Å². The highest BCUT2D eigenvalue weighted by Crippen LogP contribution is 2.45. The minimum absolute atomic E-state index is 0.206. The molecule has 0 aromatic rings. The van der Waals surface area contributed by atoms with E-state index in [-0.39, 0.29) is 17.4 Å². The first-order chi connectivity index (χ1) is 13.9. The van der Waals surface area contributed by atoms with Crippen molar-refractivity contribution in [1.29, 1.82) is 0 Å². The number of β-lactam (4-membered cyclic amide) rings is 1. The molecule has 5 aliphatic heterocycles. The number of carbonyl (C=O) groups is 3. The Labute approximate surface area is 178 Å². The van der Waals surface area contributed by atoms with Crippen LogP contribution in [0.1, 0.15) is 40.0 Å². The van der Waals surface area contributed by atoms with Gasteiger partial charge in [-0.15, -0.1) is 0 Å². The van der Waals surface area contributed by atoms with Gasteiger partial charge in [0, 0.05) is 24.8 Å². The summed E-state index contributed by atoms with van der Waals surface area (Å²) >= 11 is 0. The maximum absolute atomic E-state index is 13.1. The lowest BCUT2D eigenvalue weighted by atomic mass is 9.70. The molecule has 9 nitrogen and oxygen atoms in total. The molecule has 2 amide bonds. The zero-order valence-corrected chi connectivity index (χ0v) is 18.6. The van der Waals surface area contributed by atoms with Crippen LogP contribution in [0.4, 0.5) is 0 Å². The molecule has 0 radical (unpaired) electrons. The van der Waals surface area contributed by atoms with Crippen LogP contribution < -0.4 is 11.5 Å². The van der Waals surface area contributed by atoms with Gasteiger partial charge in [0.25, 0.3) is 0 Å². The lowest BCUT2D eigenvalue weighted by Gasteiger charge is -2.55. The molecule has 0 aromatic carbocycles. The van der Waals surface area contributed by atoms with Crippen LogP contribution in [0.15, 0.2) is 11.3 Å². The Bertz CT molecular complexity index is 852. The van der Waals surface area contributed by atoms with E-state index < -0.39 is 45.1 Å². The van der Waals surface area contributed by atoms with Gasteiger partial charge >= 0.3 is 5.97 Å². The average Bonchev–Trinajstić information content (AvgIpc) is 2.66. The van der Waals surface area contributed by atoms with Crippen molar-refractivity contribution in [3.63, 3.8) is 0 Å². The molecule has 2 bridgehead atoms. The molecule has 5 rings (SSSR count). The van der Waals surface area contributed by atoms with E-state index >= 15 is 0 Å². The SMILES string of the molecule is CC(C)(C)OC(=O)C1=C(C[N+]23CCC(C(N)=O)(CC2)CC3)CS(=O)[C@@H]2[C@H](N)C(=O)N12. The van der Waals surface area contributed by atoms with Gasteiger partial charge in [0.05, 0.1) is 41.6 Å². The first-order valence-electron chi connectivity index (χ1n) is 10.4. The summed E-state index contributed by atoms with van der Waals surface area (Å²) in [5.74, 6) is -0.984. The summed E-state index contributed by atoms with van der Waals surface area (Å²) in [5, 5.41) is -0.672. The molecule has 5 heterocycles. The number of ether oxygens (including phenoxy) is 1. The molecular formula is C20H31N4O5S+. The van der Waals surface area contributed by atoms with Crippen molar-refractivity contribution in [2.45, 2.75) is 57.1 Å². The van der Waals surface area contributed by atoms with Gasteiger partial charge in [-0.05, 0) is 20.8 Å². The number of hydrogen-bond acceptors (Lipinski definition) is 6. The molecule has 0 saturated carbocycles. The summed E-state index contributed by atoms with van der Waals surface area (Å²) in [6.45, 7) is 8.16. The first kappa shape index (κ1) is 21.5. The maximum atomic E-state index is 13.1. The van der Waals surface area contributed by atoms with Gasteiger partial charge in [-0.25, -0.2) is 4.79 Å². The van der Waals surface area contributed by atoms with E-state index in [1.807, 2.05) is 0 Å². The van der Waals surface area contributed by atoms with Crippen molar-refractivity contribution < 1.29 is 27.8 Å². The predicted octanol–water partition coefficient (Wildman–Crippen LogP) is -0.674. The fourth-order valence-electron chi connectivity index (χ4n) is 5.27. The van der Waals surface area contributed by atoms with Crippen LogP contribution in [0.25, 0.3) is 0 Å². The highest BCUT2D eigenvalue weighted by molar-refractivity contribution is 7.86. The Morgan fingerprint density at radius 2 is 1.80 bits per heavy atom. The van der Waals surface area contributed by atoms with Gasteiger partial charge in [-0.1, -0.05) is 0 Å². The fourth-order valence-corrected chi connectivity index (χ4v) is 6.90. The molecule has 4 fully saturated rings. The third kappa shape index (κ3) is 3.29. The van der Waals surface area contributed by atoms with Crippen LogP contribution >= 0.6 is 0 Å². The molecule has 4 N–H and O–H groups in total. The second kappa shape index (κ2) is 6.86. The molecule has 1 unspecified atom stereocenters. The Morgan fingerprint density at radius 1 is 1.23 bits per heavy atom. The van der Waals surface area contributed by atoms with E-state index in [1.165, 1.54) is 4.90 Å². The minimum Gasteiger partial charge on any atom is -0.455 e. The number of esters is 1. The molecule has 10 heteroatoms. The van der Waals surface area contributed by atoms with E-state index in [2.05, 4.69) is 0 Å². The number of fused-ring (bicyclic) bond motifs is 4. The van der Waals surface area contributed by atoms with Crippen LogP contribution in [-0.2, 0) is 29.9 Å². The quantitative estimate of drug-likeness (QED) is 0.339. The summed E-state index contributed by atoms with van der Waals surface area (Å²) in [6.07, 6.45) is 2.16. The van der Waals surface area contributed by atoms with Gasteiger partial charge in [-0.2, -0.15) is 0 Å². The Balaban J connectivity index is 1.66. The largest absolute Gasteiger partial charge is 0.455 e. The molecule has 0 aromatic heterocycles. The number of amides is 2. The van der Waals surface area contributed by atoms with Crippen molar-refractivity contribution in [3.05, 3.63) is 11.3 Å². The normalized spacial score (nSPS) is 38.2. The van der Waals surface area contributed by atoms with E-state index in [1.54, 1.807) is 20.8 Å². The molecule has 3 atom stereocenters. The maximum Gasteiger partial charge on any atom is 0.355 e. The summed E-state index contributed by atoms with van der Waals surface area (Å²) in [6, 6.07) is -0.849. The van der Waals surface area contributed by atoms with Gasteiger partial charge in [0.2, 0.25) is 11.8 Å². The predicted molar refractivity (Wildman–Crippen MR) is 110 cm³/mol. The number of quaternary nitrogens is 1. The van der Waals surface area contributed by atoms with Crippen LogP contribution in [0, 0.1) is 5.41 Å². The zero-order chi connectivity index (χ0) is 22.1. The van der Waals surface area contributed by atoms with Gasteiger partial charge < -0.3 is 20.7 Å². The molecule has 30 heavy (non-hydrogen) atoms. The second-order valence-electron chi connectivity index (χ2n) is 10.2. The fraction of sp³-hybridized carbons (Fsp3) is 0.750. The molecular weight excluding hydrogens is 408 g/mol. The number of carbonyl (C=O) groups excluding carboxylic acids is 3. The summed E-state index contributed by atoms with van der Waals surface area (Å²) in [4.78, 5) is 38.8. The van der Waals surface area contributed by atoms with Crippen molar-refractivity contribution in [2.75, 3.05) is 31.9 Å². The number of piperidine rings is 3. The number of rotatable bonds is 4. The van der Waals surface area contributed by atoms with E-state index in [0.717, 1.165) is 38.9 Å². The van der Waals surface area contributed by atoms with Gasteiger partial charge in [0.1, 0.15) is 29.3 Å². The van der Waals surface area contributed by atoms with E-state index in [9.17, 15) is 18.6 Å². The number of nitrogens with zero attached hydrogens (tertiary/aromatic N) is 2. The van der Waals surface area contributed by atoms with Crippen LogP contribution in [-0.4, -0.2) is 80.3 Å². The van der Waals surface area contributed by atoms with Gasteiger partial charge in [0.15, 0.2) is 0 Å². The van der Waals surface area contributed by atoms with E-state index in [4.69, 9.17) is 16.2 Å². The number of primary amides is 1. The topological polar surface area (TPSA) is 133 Å². The monoisotopic (exact) mass is 439 g/mol. The van der Waals surface area contributed by atoms with Crippen LogP contribution in [0.5, 0.6) is 0 Å². The lowest BCUT2D eigenvalue weighted by Crippen LogP contribution is -2.72. The number of nitrogens with two attached hydrogens (primary N) is 2. The Kier molecular flexibility index (Phi) is 4.91. The Hall–Kier alpha value is -1.78. The Morgan fingerprint density at radius 3 is 2.30 bits per heavy atom. The minimum atomic E-state index is -1.37. The van der Waals surface area contributed by atoms with E-state index in [0.29, 0.717) is 16.6 Å². The van der Waals surface area contributed by atoms with Crippen LogP contribution in [0.3, 0.4) is 0 Å². The summed E-state index contributed by atoms with van der Waals surface area (Å²) < 4.78 is 19.2. The molecule has 0 spiro atoms. The first-order valence-corrected chi connectivity index (χ1v) is 11.8. The smallest absolute Gasteiger partial charge is 0.355 e. The second-order valence-corrected chi connectivity index (χ2v) is 11.7. The van der Waals surface area contributed by atoms with Crippen LogP contribution in [0.2, 0.25) is 0 Å². The standard InChI is InChI=1S/C20H30N4O5S/c1-19(2,3)29-17(26)14-12(11-30(28)16-13(21)15(25)23(14)16)10-24-7-4-20(5-8-24,6-9-24)18(22)27/h13,16H,4-11,21H2,1-3H3,(H-,22,27)/p+1/t13-,16-,20?,24?,30?/m1/s1.